The monoisotopic (exact) mass is 382 g/mol. The predicted octanol–water partition coefficient (Wildman–Crippen LogP) is 5.35. The van der Waals surface area contributed by atoms with Crippen molar-refractivity contribution in [1.82, 2.24) is 0 Å². The molecule has 0 aromatic heterocycles. The van der Waals surface area contributed by atoms with Crippen LogP contribution < -0.4 is 14.2 Å². The molecule has 2 aromatic carbocycles. The van der Waals surface area contributed by atoms with E-state index < -0.39 is 11.9 Å². The Labute approximate surface area is 165 Å². The summed E-state index contributed by atoms with van der Waals surface area (Å²) in [7, 11) is 0. The SMILES string of the molecule is C=C(C)C(=O)Oc1ccc(OC(=O)c2ccc(OCCCCCC)cc2)cc1. The average Bonchev–Trinajstić information content (AvgIpc) is 2.69. The fourth-order valence-corrected chi connectivity index (χ4v) is 2.34. The van der Waals surface area contributed by atoms with Crippen molar-refractivity contribution in [2.45, 2.75) is 39.5 Å². The van der Waals surface area contributed by atoms with Gasteiger partial charge in [-0.3, -0.25) is 0 Å². The molecule has 0 bridgehead atoms. The lowest BCUT2D eigenvalue weighted by molar-refractivity contribution is -0.130. The van der Waals surface area contributed by atoms with Crippen molar-refractivity contribution < 1.29 is 23.8 Å². The molecular formula is C23H26O5. The summed E-state index contributed by atoms with van der Waals surface area (Å²) in [4.78, 5) is 23.7. The largest absolute Gasteiger partial charge is 0.494 e. The maximum absolute atomic E-state index is 12.2. The average molecular weight is 382 g/mol. The number of hydrogen-bond acceptors (Lipinski definition) is 5. The Morgan fingerprint density at radius 1 is 0.821 bits per heavy atom. The molecule has 2 rings (SSSR count). The second kappa shape index (κ2) is 10.9. The van der Waals surface area contributed by atoms with Crippen molar-refractivity contribution in [3.63, 3.8) is 0 Å². The van der Waals surface area contributed by atoms with E-state index >= 15 is 0 Å². The van der Waals surface area contributed by atoms with Crippen molar-refractivity contribution in [2.75, 3.05) is 6.61 Å². The minimum atomic E-state index is -0.502. The minimum Gasteiger partial charge on any atom is -0.494 e. The zero-order chi connectivity index (χ0) is 20.4. The van der Waals surface area contributed by atoms with E-state index in [-0.39, 0.29) is 0 Å². The first-order chi connectivity index (χ1) is 13.5. The highest BCUT2D eigenvalue weighted by Crippen LogP contribution is 2.20. The van der Waals surface area contributed by atoms with Crippen molar-refractivity contribution in [3.8, 4) is 17.2 Å². The van der Waals surface area contributed by atoms with Gasteiger partial charge in [0.05, 0.1) is 12.2 Å². The molecule has 0 aliphatic heterocycles. The molecule has 0 atom stereocenters. The van der Waals surface area contributed by atoms with E-state index in [0.717, 1.165) is 18.6 Å². The van der Waals surface area contributed by atoms with E-state index in [4.69, 9.17) is 14.2 Å². The highest BCUT2D eigenvalue weighted by atomic mass is 16.5. The molecule has 5 nitrogen and oxygen atoms in total. The lowest BCUT2D eigenvalue weighted by Gasteiger charge is -2.08. The molecule has 0 radical (unpaired) electrons. The highest BCUT2D eigenvalue weighted by molar-refractivity contribution is 5.91. The first kappa shape index (κ1) is 21.2. The number of carbonyl (C=O) groups is 2. The van der Waals surface area contributed by atoms with Crippen LogP contribution in [0, 0.1) is 0 Å². The number of esters is 2. The Morgan fingerprint density at radius 2 is 1.39 bits per heavy atom. The third-order valence-corrected chi connectivity index (χ3v) is 3.95. The van der Waals surface area contributed by atoms with E-state index in [1.54, 1.807) is 55.5 Å². The number of rotatable bonds is 10. The molecule has 5 heteroatoms. The maximum atomic E-state index is 12.2. The summed E-state index contributed by atoms with van der Waals surface area (Å²) in [6.45, 7) is 7.94. The predicted molar refractivity (Wildman–Crippen MR) is 108 cm³/mol. The van der Waals surface area contributed by atoms with Crippen LogP contribution >= 0.6 is 0 Å². The summed E-state index contributed by atoms with van der Waals surface area (Å²) in [5, 5.41) is 0. The molecule has 0 aliphatic rings. The minimum absolute atomic E-state index is 0.309. The molecule has 0 amide bonds. The molecule has 0 N–H and O–H groups in total. The topological polar surface area (TPSA) is 61.8 Å². The fraction of sp³-hybridized carbons (Fsp3) is 0.304. The summed E-state index contributed by atoms with van der Waals surface area (Å²) in [6, 6.07) is 13.1. The molecule has 148 valence electrons. The van der Waals surface area contributed by atoms with E-state index in [1.807, 2.05) is 0 Å². The molecule has 0 fully saturated rings. The Morgan fingerprint density at radius 3 is 1.96 bits per heavy atom. The lowest BCUT2D eigenvalue weighted by Crippen LogP contribution is -2.09. The van der Waals surface area contributed by atoms with Gasteiger partial charge in [-0.1, -0.05) is 32.8 Å². The number of benzene rings is 2. The number of ether oxygens (including phenoxy) is 3. The second-order valence-corrected chi connectivity index (χ2v) is 6.46. The first-order valence-corrected chi connectivity index (χ1v) is 9.42. The molecule has 0 aliphatic carbocycles. The van der Waals surface area contributed by atoms with E-state index in [1.165, 1.54) is 12.8 Å². The van der Waals surface area contributed by atoms with Gasteiger partial charge in [0.25, 0.3) is 0 Å². The molecule has 0 spiro atoms. The van der Waals surface area contributed by atoms with Crippen LogP contribution in [0.1, 0.15) is 49.9 Å². The normalized spacial score (nSPS) is 10.2. The quantitative estimate of drug-likeness (QED) is 0.240. The Bertz CT molecular complexity index is 791. The van der Waals surface area contributed by atoms with Crippen LogP contribution in [0.5, 0.6) is 17.2 Å². The summed E-state index contributed by atoms with van der Waals surface area (Å²) in [5.74, 6) is 0.472. The smallest absolute Gasteiger partial charge is 0.343 e. The van der Waals surface area contributed by atoms with Crippen LogP contribution in [0.3, 0.4) is 0 Å². The van der Waals surface area contributed by atoms with Crippen molar-refractivity contribution in [3.05, 3.63) is 66.2 Å². The fourth-order valence-electron chi connectivity index (χ4n) is 2.34. The summed E-state index contributed by atoms with van der Waals surface area (Å²) in [5.41, 5.74) is 0.736. The van der Waals surface area contributed by atoms with Crippen LogP contribution in [-0.4, -0.2) is 18.5 Å². The van der Waals surface area contributed by atoms with Crippen LogP contribution in [0.2, 0.25) is 0 Å². The van der Waals surface area contributed by atoms with Crippen LogP contribution in [-0.2, 0) is 4.79 Å². The van der Waals surface area contributed by atoms with Gasteiger partial charge >= 0.3 is 11.9 Å². The summed E-state index contributed by atoms with van der Waals surface area (Å²) >= 11 is 0. The standard InChI is InChI=1S/C23H26O5/c1-4-5-6-7-16-26-19-10-8-18(9-11-19)23(25)28-21-14-12-20(13-15-21)27-22(24)17(2)3/h8-15H,2,4-7,16H2,1,3H3. The zero-order valence-electron chi connectivity index (χ0n) is 16.4. The molecular weight excluding hydrogens is 356 g/mol. The van der Waals surface area contributed by atoms with Crippen molar-refractivity contribution in [2.24, 2.45) is 0 Å². The Hall–Kier alpha value is -3.08. The number of hydrogen-bond donors (Lipinski definition) is 0. The third kappa shape index (κ3) is 6.91. The van der Waals surface area contributed by atoms with Crippen LogP contribution in [0.15, 0.2) is 60.7 Å². The molecule has 0 heterocycles. The van der Waals surface area contributed by atoms with Crippen LogP contribution in [0.4, 0.5) is 0 Å². The molecule has 0 saturated carbocycles. The van der Waals surface area contributed by atoms with Gasteiger partial charge in [0.15, 0.2) is 0 Å². The molecule has 28 heavy (non-hydrogen) atoms. The summed E-state index contributed by atoms with van der Waals surface area (Å²) in [6.07, 6.45) is 4.59. The first-order valence-electron chi connectivity index (χ1n) is 9.42. The molecule has 0 saturated heterocycles. The highest BCUT2D eigenvalue weighted by Gasteiger charge is 2.10. The van der Waals surface area contributed by atoms with E-state index in [0.29, 0.717) is 29.2 Å². The molecule has 2 aromatic rings. The summed E-state index contributed by atoms with van der Waals surface area (Å²) < 4.78 is 16.1. The maximum Gasteiger partial charge on any atom is 0.343 e. The van der Waals surface area contributed by atoms with Gasteiger partial charge in [-0.15, -0.1) is 0 Å². The lowest BCUT2D eigenvalue weighted by atomic mass is 10.2. The van der Waals surface area contributed by atoms with Crippen molar-refractivity contribution >= 4 is 11.9 Å². The number of carbonyl (C=O) groups excluding carboxylic acids is 2. The Balaban J connectivity index is 1.85. The van der Waals surface area contributed by atoms with E-state index in [2.05, 4.69) is 13.5 Å². The van der Waals surface area contributed by atoms with Gasteiger partial charge in [0.1, 0.15) is 17.2 Å². The van der Waals surface area contributed by atoms with Gasteiger partial charge < -0.3 is 14.2 Å². The van der Waals surface area contributed by atoms with Gasteiger partial charge in [-0.2, -0.15) is 0 Å². The zero-order valence-corrected chi connectivity index (χ0v) is 16.4. The van der Waals surface area contributed by atoms with Crippen molar-refractivity contribution in [1.29, 1.82) is 0 Å². The van der Waals surface area contributed by atoms with Gasteiger partial charge in [0.2, 0.25) is 0 Å². The van der Waals surface area contributed by atoms with Gasteiger partial charge in [0, 0.05) is 5.57 Å². The third-order valence-electron chi connectivity index (χ3n) is 3.95. The van der Waals surface area contributed by atoms with Gasteiger partial charge in [-0.25, -0.2) is 9.59 Å². The number of unbranched alkanes of at least 4 members (excludes halogenated alkanes) is 3. The van der Waals surface area contributed by atoms with E-state index in [9.17, 15) is 9.59 Å². The van der Waals surface area contributed by atoms with Gasteiger partial charge in [-0.05, 0) is 61.9 Å². The molecule has 0 unspecified atom stereocenters. The second-order valence-electron chi connectivity index (χ2n) is 6.46. The van der Waals surface area contributed by atoms with Crippen LogP contribution in [0.25, 0.3) is 0 Å². The Kier molecular flexibility index (Phi) is 8.28.